The Hall–Kier alpha value is -7.69. The zero-order valence-electron chi connectivity index (χ0n) is 33.2. The minimum Gasteiger partial charge on any atom is -0.456 e. The number of benzene rings is 9. The quantitative estimate of drug-likeness (QED) is 0.169. The highest BCUT2D eigenvalue weighted by Gasteiger charge is 2.37. The van der Waals surface area contributed by atoms with E-state index in [4.69, 9.17) is 13.8 Å². The number of furan rings is 1. The van der Waals surface area contributed by atoms with E-state index in [2.05, 4.69) is 170 Å². The van der Waals surface area contributed by atoms with Gasteiger partial charge in [-0.05, 0) is 116 Å². The monoisotopic (exact) mass is 770 g/mol. The van der Waals surface area contributed by atoms with Crippen molar-refractivity contribution >= 4 is 60.9 Å². The largest absolute Gasteiger partial charge is 0.456 e. The molecule has 1 aliphatic rings. The third-order valence-electron chi connectivity index (χ3n) is 12.5. The fourth-order valence-electron chi connectivity index (χ4n) is 9.40. The molecule has 0 unspecified atom stereocenters. The van der Waals surface area contributed by atoms with Crippen LogP contribution in [0.3, 0.4) is 0 Å². The van der Waals surface area contributed by atoms with Crippen LogP contribution in [-0.4, -0.2) is 4.98 Å². The van der Waals surface area contributed by atoms with E-state index in [9.17, 15) is 0 Å². The molecule has 0 atom stereocenters. The SMILES string of the molecule is CC1(C)c2ccccc2-c2c(N(c3ccc(-c4ccc5ccccc5c4)cc3)c3ccc(-c4ccc5c(c4)oc4cc6nc(-c7ccccc7)oc6cc45)cc3)cccc21. The summed E-state index contributed by atoms with van der Waals surface area (Å²) in [6, 6.07) is 69.3. The van der Waals surface area contributed by atoms with Gasteiger partial charge in [0.25, 0.3) is 0 Å². The van der Waals surface area contributed by atoms with Crippen molar-refractivity contribution in [3.05, 3.63) is 205 Å². The Bertz CT molecular complexity index is 3450. The molecule has 12 rings (SSSR count). The Morgan fingerprint density at radius 2 is 1.07 bits per heavy atom. The lowest BCUT2D eigenvalue weighted by molar-refractivity contribution is 0.620. The van der Waals surface area contributed by atoms with Gasteiger partial charge >= 0.3 is 0 Å². The van der Waals surface area contributed by atoms with Crippen molar-refractivity contribution in [1.82, 2.24) is 4.98 Å². The van der Waals surface area contributed by atoms with Gasteiger partial charge in [-0.3, -0.25) is 0 Å². The molecule has 0 N–H and O–H groups in total. The zero-order chi connectivity index (χ0) is 40.0. The summed E-state index contributed by atoms with van der Waals surface area (Å²) in [4.78, 5) is 7.19. The van der Waals surface area contributed by atoms with Crippen LogP contribution < -0.4 is 4.90 Å². The highest BCUT2D eigenvalue weighted by atomic mass is 16.4. The van der Waals surface area contributed by atoms with E-state index in [0.29, 0.717) is 5.89 Å². The molecule has 4 nitrogen and oxygen atoms in total. The van der Waals surface area contributed by atoms with Crippen LogP contribution in [0, 0.1) is 0 Å². The fourth-order valence-corrected chi connectivity index (χ4v) is 9.40. The van der Waals surface area contributed by atoms with Gasteiger partial charge in [0.2, 0.25) is 5.89 Å². The van der Waals surface area contributed by atoms with Crippen LogP contribution >= 0.6 is 0 Å². The molecule has 1 aliphatic carbocycles. The van der Waals surface area contributed by atoms with Crippen LogP contribution in [0.5, 0.6) is 0 Å². The topological polar surface area (TPSA) is 42.4 Å². The molecule has 0 spiro atoms. The van der Waals surface area contributed by atoms with Gasteiger partial charge in [0.05, 0.1) is 5.69 Å². The molecule has 4 heteroatoms. The van der Waals surface area contributed by atoms with Crippen molar-refractivity contribution in [3.8, 4) is 44.8 Å². The molecule has 9 aromatic carbocycles. The molecular weight excluding hydrogens is 733 g/mol. The molecule has 0 saturated heterocycles. The first-order valence-corrected chi connectivity index (χ1v) is 20.5. The van der Waals surface area contributed by atoms with Crippen LogP contribution in [0.25, 0.3) is 88.6 Å². The zero-order valence-corrected chi connectivity index (χ0v) is 33.2. The van der Waals surface area contributed by atoms with Crippen molar-refractivity contribution < 1.29 is 8.83 Å². The number of rotatable bonds is 6. The predicted molar refractivity (Wildman–Crippen MR) is 247 cm³/mol. The van der Waals surface area contributed by atoms with E-state index < -0.39 is 0 Å². The van der Waals surface area contributed by atoms with Crippen molar-refractivity contribution in [2.45, 2.75) is 19.3 Å². The summed E-state index contributed by atoms with van der Waals surface area (Å²) < 4.78 is 12.7. The van der Waals surface area contributed by atoms with Crippen molar-refractivity contribution in [3.63, 3.8) is 0 Å². The van der Waals surface area contributed by atoms with Crippen molar-refractivity contribution in [1.29, 1.82) is 0 Å². The van der Waals surface area contributed by atoms with Gasteiger partial charge in [0, 0.05) is 44.8 Å². The van der Waals surface area contributed by atoms with Gasteiger partial charge in [0.15, 0.2) is 5.58 Å². The average molecular weight is 771 g/mol. The van der Waals surface area contributed by atoms with Crippen LogP contribution in [0.2, 0.25) is 0 Å². The Kier molecular flexibility index (Phi) is 7.54. The number of hydrogen-bond acceptors (Lipinski definition) is 4. The lowest BCUT2D eigenvalue weighted by Gasteiger charge is -2.29. The van der Waals surface area contributed by atoms with Crippen LogP contribution in [0.15, 0.2) is 203 Å². The van der Waals surface area contributed by atoms with E-state index in [1.807, 2.05) is 42.5 Å². The smallest absolute Gasteiger partial charge is 0.227 e. The van der Waals surface area contributed by atoms with Crippen molar-refractivity contribution in [2.75, 3.05) is 4.90 Å². The molecule has 0 amide bonds. The standard InChI is InChI=1S/C56H38N2O2/c1-56(2)47-16-9-8-15-45(47)54-48(56)17-10-18-50(54)58(42-26-21-36(22-27-42)40-20-19-35-11-6-7-14-39(35)31-40)43-28-23-37(24-29-43)41-25-30-44-46-33-53-49(34-52(46)59-51(44)32-41)57-55(60-53)38-12-4-3-5-13-38/h3-34H,1-2H3. The molecule has 0 radical (unpaired) electrons. The molecule has 0 aliphatic heterocycles. The first-order chi connectivity index (χ1) is 29.5. The Morgan fingerprint density at radius 3 is 1.85 bits per heavy atom. The normalized spacial score (nSPS) is 13.0. The van der Waals surface area contributed by atoms with Gasteiger partial charge in [-0.2, -0.15) is 0 Å². The van der Waals surface area contributed by atoms with Gasteiger partial charge in [-0.1, -0.05) is 135 Å². The van der Waals surface area contributed by atoms with E-state index in [1.54, 1.807) is 0 Å². The molecular formula is C56H38N2O2. The van der Waals surface area contributed by atoms with Gasteiger partial charge in [-0.15, -0.1) is 0 Å². The Morgan fingerprint density at radius 1 is 0.433 bits per heavy atom. The van der Waals surface area contributed by atoms with Crippen LogP contribution in [0.1, 0.15) is 25.0 Å². The summed E-state index contributed by atoms with van der Waals surface area (Å²) in [7, 11) is 0. The summed E-state index contributed by atoms with van der Waals surface area (Å²) >= 11 is 0. The molecule has 2 heterocycles. The second kappa shape index (κ2) is 13.2. The summed E-state index contributed by atoms with van der Waals surface area (Å²) in [5, 5.41) is 4.55. The van der Waals surface area contributed by atoms with E-state index in [-0.39, 0.29) is 5.41 Å². The molecule has 2 aromatic heterocycles. The maximum atomic E-state index is 6.48. The molecule has 0 saturated carbocycles. The van der Waals surface area contributed by atoms with E-state index in [0.717, 1.165) is 66.8 Å². The predicted octanol–water partition coefficient (Wildman–Crippen LogP) is 15.7. The highest BCUT2D eigenvalue weighted by Crippen LogP contribution is 2.54. The second-order valence-electron chi connectivity index (χ2n) is 16.4. The first-order valence-electron chi connectivity index (χ1n) is 20.5. The Labute approximate surface area is 347 Å². The van der Waals surface area contributed by atoms with E-state index >= 15 is 0 Å². The maximum Gasteiger partial charge on any atom is 0.227 e. The third-order valence-corrected chi connectivity index (χ3v) is 12.5. The number of anilines is 3. The summed E-state index contributed by atoms with van der Waals surface area (Å²) in [5.41, 5.74) is 17.2. The lowest BCUT2D eigenvalue weighted by atomic mass is 9.82. The number of nitrogens with zero attached hydrogens (tertiary/aromatic N) is 2. The number of aromatic nitrogens is 1. The minimum atomic E-state index is -0.113. The number of fused-ring (bicyclic) bond motifs is 8. The third kappa shape index (κ3) is 5.41. The highest BCUT2D eigenvalue weighted by molar-refractivity contribution is 6.09. The maximum absolute atomic E-state index is 6.48. The minimum absolute atomic E-state index is 0.113. The second-order valence-corrected chi connectivity index (χ2v) is 16.4. The van der Waals surface area contributed by atoms with Crippen LogP contribution in [-0.2, 0) is 5.41 Å². The van der Waals surface area contributed by atoms with Crippen LogP contribution in [0.4, 0.5) is 17.1 Å². The van der Waals surface area contributed by atoms with Gasteiger partial charge in [0.1, 0.15) is 16.7 Å². The average Bonchev–Trinajstić information content (AvgIpc) is 3.95. The molecule has 284 valence electrons. The summed E-state index contributed by atoms with van der Waals surface area (Å²) in [5.74, 6) is 0.607. The van der Waals surface area contributed by atoms with E-state index in [1.165, 1.54) is 44.2 Å². The summed E-state index contributed by atoms with van der Waals surface area (Å²) in [6.07, 6.45) is 0. The number of hydrogen-bond donors (Lipinski definition) is 0. The van der Waals surface area contributed by atoms with Gasteiger partial charge < -0.3 is 13.7 Å². The molecule has 0 fully saturated rings. The van der Waals surface area contributed by atoms with Gasteiger partial charge in [-0.25, -0.2) is 4.98 Å². The van der Waals surface area contributed by atoms with Crippen molar-refractivity contribution in [2.24, 2.45) is 0 Å². The molecule has 11 aromatic rings. The fraction of sp³-hybridized carbons (Fsp3) is 0.0536. The molecule has 60 heavy (non-hydrogen) atoms. The lowest BCUT2D eigenvalue weighted by Crippen LogP contribution is -2.16. The first kappa shape index (κ1) is 34.4. The Balaban J connectivity index is 0.934. The summed E-state index contributed by atoms with van der Waals surface area (Å²) in [6.45, 7) is 4.68. The number of oxazole rings is 1. The molecule has 0 bridgehead atoms.